The summed E-state index contributed by atoms with van der Waals surface area (Å²) in [6.07, 6.45) is 0. The van der Waals surface area contributed by atoms with E-state index in [1.165, 1.54) is 5.43 Å². The molecule has 1 aromatic rings. The van der Waals surface area contributed by atoms with Gasteiger partial charge in [0.15, 0.2) is 0 Å². The van der Waals surface area contributed by atoms with Gasteiger partial charge in [0.05, 0.1) is 19.7 Å². The van der Waals surface area contributed by atoms with Crippen molar-refractivity contribution in [3.8, 4) is 0 Å². The first-order valence-corrected chi connectivity index (χ1v) is 4.93. The van der Waals surface area contributed by atoms with Gasteiger partial charge in [0, 0.05) is 6.07 Å². The zero-order valence-electron chi connectivity index (χ0n) is 10.1. The Balaban J connectivity index is 4.11. The Morgan fingerprint density at radius 2 is 1.32 bits per heavy atom. The van der Waals surface area contributed by atoms with E-state index in [1.54, 1.807) is 0 Å². The van der Waals surface area contributed by atoms with Crippen molar-refractivity contribution < 1.29 is 24.5 Å². The lowest BCUT2D eigenvalue weighted by atomic mass is 10.1. The molecule has 0 saturated carbocycles. The van der Waals surface area contributed by atoms with Gasteiger partial charge in [0.25, 0.3) is 5.91 Å². The van der Waals surface area contributed by atoms with Gasteiger partial charge < -0.3 is 0 Å². The molecule has 0 atom stereocenters. The van der Waals surface area contributed by atoms with Crippen LogP contribution in [0.2, 0.25) is 0 Å². The van der Waals surface area contributed by atoms with Gasteiger partial charge >= 0.3 is 22.7 Å². The van der Waals surface area contributed by atoms with Gasteiger partial charge in [-0.3, -0.25) is 50.7 Å². The van der Waals surface area contributed by atoms with Crippen molar-refractivity contribution in [3.63, 3.8) is 0 Å². The first-order chi connectivity index (χ1) is 10.1. The molecule has 0 aliphatic heterocycles. The molecule has 15 nitrogen and oxygen atoms in total. The molecule has 0 unspecified atom stereocenters. The Kier molecular flexibility index (Phi) is 4.23. The highest BCUT2D eigenvalue weighted by molar-refractivity contribution is 6.02. The van der Waals surface area contributed by atoms with Crippen molar-refractivity contribution in [2.45, 2.75) is 0 Å². The smallest absolute Gasteiger partial charge is 0.290 e. The summed E-state index contributed by atoms with van der Waals surface area (Å²) in [5.41, 5.74) is -6.29. The van der Waals surface area contributed by atoms with Crippen LogP contribution in [0, 0.1) is 40.5 Å². The van der Waals surface area contributed by atoms with Gasteiger partial charge in [-0.15, -0.1) is 0 Å². The SMILES string of the molecule is NNC(=O)c1cc([N+](=O)[O-])c([N+](=O)[O-])c([N+](=O)[O-])c1[N+](=O)[O-]. The molecule has 15 heteroatoms. The molecule has 0 aliphatic rings. The number of nitrogens with two attached hydrogens (primary N) is 1. The van der Waals surface area contributed by atoms with E-state index in [4.69, 9.17) is 5.84 Å². The summed E-state index contributed by atoms with van der Waals surface area (Å²) >= 11 is 0. The van der Waals surface area contributed by atoms with Gasteiger partial charge in [0.2, 0.25) is 0 Å². The van der Waals surface area contributed by atoms with E-state index in [1.807, 2.05) is 0 Å². The summed E-state index contributed by atoms with van der Waals surface area (Å²) in [7, 11) is 0. The number of nitrogens with one attached hydrogen (secondary N) is 1. The third kappa shape index (κ3) is 2.58. The summed E-state index contributed by atoms with van der Waals surface area (Å²) in [5.74, 6) is 3.26. The van der Waals surface area contributed by atoms with Crippen LogP contribution < -0.4 is 11.3 Å². The first kappa shape index (κ1) is 16.3. The average Bonchev–Trinajstić information content (AvgIpc) is 2.43. The molecule has 1 amide bonds. The highest BCUT2D eigenvalue weighted by atomic mass is 16.7. The van der Waals surface area contributed by atoms with Crippen LogP contribution in [-0.2, 0) is 0 Å². The number of hydrazine groups is 1. The van der Waals surface area contributed by atoms with Crippen molar-refractivity contribution in [3.05, 3.63) is 52.1 Å². The Labute approximate surface area is 117 Å². The summed E-state index contributed by atoms with van der Waals surface area (Å²) in [6, 6.07) is 0.172. The van der Waals surface area contributed by atoms with Crippen LogP contribution in [-0.4, -0.2) is 25.6 Å². The van der Waals surface area contributed by atoms with Crippen molar-refractivity contribution >= 4 is 28.7 Å². The number of nitro groups is 4. The van der Waals surface area contributed by atoms with Gasteiger partial charge in [-0.25, -0.2) is 5.84 Å². The lowest BCUT2D eigenvalue weighted by Crippen LogP contribution is -2.31. The number of nitrogens with zero attached hydrogens (tertiary/aromatic N) is 4. The van der Waals surface area contributed by atoms with Crippen molar-refractivity contribution in [1.82, 2.24) is 5.43 Å². The largest absolute Gasteiger partial charge is 0.430 e. The summed E-state index contributed by atoms with van der Waals surface area (Å²) in [5, 5.41) is 43.4. The fraction of sp³-hybridized carbons (Fsp3) is 0. The first-order valence-electron chi connectivity index (χ1n) is 4.93. The second-order valence-electron chi connectivity index (χ2n) is 3.49. The molecule has 0 bridgehead atoms. The van der Waals surface area contributed by atoms with Crippen LogP contribution in [0.4, 0.5) is 22.7 Å². The lowest BCUT2D eigenvalue weighted by Gasteiger charge is -2.03. The minimum absolute atomic E-state index is 0.172. The highest BCUT2D eigenvalue weighted by Gasteiger charge is 2.47. The van der Waals surface area contributed by atoms with Crippen molar-refractivity contribution in [2.24, 2.45) is 5.84 Å². The maximum absolute atomic E-state index is 11.4. The molecule has 0 fully saturated rings. The molecule has 116 valence electrons. The summed E-state index contributed by atoms with van der Waals surface area (Å²) in [6.45, 7) is 0. The number of hydrogen-bond donors (Lipinski definition) is 2. The Hall–Kier alpha value is -3.75. The number of nitro benzene ring substituents is 4. The Morgan fingerprint density at radius 1 is 0.864 bits per heavy atom. The van der Waals surface area contributed by atoms with Crippen LogP contribution in [0.15, 0.2) is 6.07 Å². The Bertz CT molecular complexity index is 728. The Morgan fingerprint density at radius 3 is 1.64 bits per heavy atom. The van der Waals surface area contributed by atoms with Gasteiger partial charge in [-0.05, 0) is 0 Å². The van der Waals surface area contributed by atoms with Crippen molar-refractivity contribution in [2.75, 3.05) is 0 Å². The van der Waals surface area contributed by atoms with Gasteiger partial charge in [-0.1, -0.05) is 0 Å². The zero-order chi connectivity index (χ0) is 17.2. The molecular formula is C7H4N6O9. The fourth-order valence-electron chi connectivity index (χ4n) is 1.56. The molecular weight excluding hydrogens is 312 g/mol. The number of nitrogen functional groups attached to an aromatic ring is 1. The number of amides is 1. The van der Waals surface area contributed by atoms with E-state index in [2.05, 4.69) is 0 Å². The van der Waals surface area contributed by atoms with E-state index in [0.29, 0.717) is 0 Å². The minimum atomic E-state index is -1.79. The molecule has 3 N–H and O–H groups in total. The van der Waals surface area contributed by atoms with Crippen LogP contribution in [0.1, 0.15) is 10.4 Å². The summed E-state index contributed by atoms with van der Waals surface area (Å²) < 4.78 is 0. The van der Waals surface area contributed by atoms with Crippen LogP contribution in [0.3, 0.4) is 0 Å². The molecule has 0 radical (unpaired) electrons. The molecule has 1 rings (SSSR count). The molecule has 0 spiro atoms. The van der Waals surface area contributed by atoms with Crippen LogP contribution in [0.5, 0.6) is 0 Å². The quantitative estimate of drug-likeness (QED) is 0.317. The van der Waals surface area contributed by atoms with E-state index < -0.39 is 53.9 Å². The number of benzene rings is 1. The van der Waals surface area contributed by atoms with Crippen LogP contribution in [0.25, 0.3) is 0 Å². The third-order valence-corrected chi connectivity index (χ3v) is 2.35. The maximum Gasteiger partial charge on any atom is 0.430 e. The second kappa shape index (κ2) is 5.71. The van der Waals surface area contributed by atoms with E-state index in [0.717, 1.165) is 0 Å². The van der Waals surface area contributed by atoms with Gasteiger partial charge in [-0.2, -0.15) is 0 Å². The monoisotopic (exact) mass is 316 g/mol. The molecule has 0 aromatic heterocycles. The second-order valence-corrected chi connectivity index (χ2v) is 3.49. The number of carbonyl (C=O) groups is 1. The normalized spacial score (nSPS) is 9.86. The fourth-order valence-corrected chi connectivity index (χ4v) is 1.56. The standard InChI is InChI=1S/C7H4N6O9/c8-9-7(14)2-1-3(10(15)16)5(12(19)20)6(13(21)22)4(2)11(17)18/h1H,8H2,(H,9,14). The molecule has 1 aromatic carbocycles. The van der Waals surface area contributed by atoms with Gasteiger partial charge in [0.1, 0.15) is 5.56 Å². The predicted octanol–water partition coefficient (Wildman–Crippen LogP) is -0.0771. The highest BCUT2D eigenvalue weighted by Crippen LogP contribution is 2.45. The number of carbonyl (C=O) groups excluding carboxylic acids is 1. The lowest BCUT2D eigenvalue weighted by molar-refractivity contribution is -0.452. The minimum Gasteiger partial charge on any atom is -0.290 e. The summed E-state index contributed by atoms with van der Waals surface area (Å²) in [4.78, 5) is 48.9. The molecule has 0 saturated heterocycles. The van der Waals surface area contributed by atoms with E-state index in [-0.39, 0.29) is 6.07 Å². The van der Waals surface area contributed by atoms with E-state index in [9.17, 15) is 45.3 Å². The molecule has 0 heterocycles. The predicted molar refractivity (Wildman–Crippen MR) is 64.7 cm³/mol. The van der Waals surface area contributed by atoms with Crippen LogP contribution >= 0.6 is 0 Å². The average molecular weight is 316 g/mol. The maximum atomic E-state index is 11.4. The van der Waals surface area contributed by atoms with E-state index >= 15 is 0 Å². The molecule has 0 aliphatic carbocycles. The van der Waals surface area contributed by atoms with Crippen molar-refractivity contribution in [1.29, 1.82) is 0 Å². The third-order valence-electron chi connectivity index (χ3n) is 2.35. The number of hydrogen-bond acceptors (Lipinski definition) is 10. The zero-order valence-corrected chi connectivity index (χ0v) is 10.1. The molecule has 22 heavy (non-hydrogen) atoms. The topological polar surface area (TPSA) is 228 Å². The number of rotatable bonds is 5.